The summed E-state index contributed by atoms with van der Waals surface area (Å²) in [6, 6.07) is 0. The monoisotopic (exact) mass is 168 g/mol. The van der Waals surface area contributed by atoms with Crippen molar-refractivity contribution < 1.29 is 9.53 Å². The van der Waals surface area contributed by atoms with Crippen LogP contribution in [0.5, 0.6) is 0 Å². The van der Waals surface area contributed by atoms with Crippen LogP contribution in [-0.2, 0) is 9.53 Å². The maximum absolute atomic E-state index is 10.4. The topological polar surface area (TPSA) is 29.6 Å². The van der Waals surface area contributed by atoms with E-state index in [-0.39, 0.29) is 12.1 Å². The van der Waals surface area contributed by atoms with Gasteiger partial charge < -0.3 is 4.74 Å². The van der Waals surface area contributed by atoms with Gasteiger partial charge in [-0.1, -0.05) is 31.9 Å². The lowest BCUT2D eigenvalue weighted by molar-refractivity contribution is -0.117. The van der Waals surface area contributed by atoms with Crippen molar-refractivity contribution in [3.8, 4) is 0 Å². The first kappa shape index (κ1) is 9.30. The Labute approximate surface area is 73.6 Å². The molecule has 1 saturated heterocycles. The summed E-state index contributed by atoms with van der Waals surface area (Å²) in [6.07, 6.45) is 9.80. The van der Waals surface area contributed by atoms with Crippen LogP contribution in [0.25, 0.3) is 0 Å². The Kier molecular flexibility index (Phi) is 3.85. The molecule has 1 atom stereocenters. The van der Waals surface area contributed by atoms with Gasteiger partial charge in [0.1, 0.15) is 0 Å². The number of hydrogen-bond acceptors (Lipinski definition) is 2. The zero-order chi connectivity index (χ0) is 8.81. The third-order valence-electron chi connectivity index (χ3n) is 1.96. The Balaban J connectivity index is 1.88. The number of unbranched alkanes of at least 4 members (excludes halogenated alkanes) is 3. The fourth-order valence-corrected chi connectivity index (χ4v) is 1.10. The maximum Gasteiger partial charge on any atom is 0.348 e. The molecule has 1 unspecified atom stereocenters. The molecule has 0 aromatic rings. The molecular formula is C10H16O2. The van der Waals surface area contributed by atoms with Gasteiger partial charge in [-0.15, -0.1) is 0 Å². The number of epoxide rings is 1. The van der Waals surface area contributed by atoms with Crippen molar-refractivity contribution in [2.75, 3.05) is 0 Å². The van der Waals surface area contributed by atoms with Gasteiger partial charge in [0.25, 0.3) is 0 Å². The van der Waals surface area contributed by atoms with Crippen LogP contribution in [0.3, 0.4) is 0 Å². The second kappa shape index (κ2) is 4.96. The van der Waals surface area contributed by atoms with Crippen LogP contribution in [-0.4, -0.2) is 12.1 Å². The van der Waals surface area contributed by atoms with E-state index in [1.54, 1.807) is 0 Å². The molecule has 0 aromatic heterocycles. The van der Waals surface area contributed by atoms with Crippen LogP contribution in [0.2, 0.25) is 0 Å². The predicted octanol–water partition coefficient (Wildman–Crippen LogP) is 2.44. The van der Waals surface area contributed by atoms with Gasteiger partial charge in [-0.05, 0) is 12.8 Å². The van der Waals surface area contributed by atoms with Crippen molar-refractivity contribution in [2.45, 2.75) is 45.1 Å². The van der Waals surface area contributed by atoms with E-state index in [1.165, 1.54) is 19.3 Å². The van der Waals surface area contributed by atoms with Crippen molar-refractivity contribution >= 4 is 5.97 Å². The molecule has 1 aliphatic rings. The molecule has 0 N–H and O–H groups in total. The quantitative estimate of drug-likeness (QED) is 0.346. The number of rotatable bonds is 6. The Hall–Kier alpha value is -0.790. The summed E-state index contributed by atoms with van der Waals surface area (Å²) in [7, 11) is 0. The second-order valence-electron chi connectivity index (χ2n) is 3.13. The second-order valence-corrected chi connectivity index (χ2v) is 3.13. The highest BCUT2D eigenvalue weighted by Gasteiger charge is 2.36. The highest BCUT2D eigenvalue weighted by molar-refractivity contribution is 5.87. The lowest BCUT2D eigenvalue weighted by atomic mass is 10.2. The van der Waals surface area contributed by atoms with E-state index in [0.717, 1.165) is 12.8 Å². The van der Waals surface area contributed by atoms with Gasteiger partial charge in [0.15, 0.2) is 0 Å². The Morgan fingerprint density at radius 1 is 1.42 bits per heavy atom. The van der Waals surface area contributed by atoms with Crippen molar-refractivity contribution in [2.24, 2.45) is 0 Å². The summed E-state index contributed by atoms with van der Waals surface area (Å²) in [5.41, 5.74) is 0. The van der Waals surface area contributed by atoms with Gasteiger partial charge in [0, 0.05) is 6.42 Å². The Morgan fingerprint density at radius 2 is 2.17 bits per heavy atom. The third kappa shape index (κ3) is 3.56. The van der Waals surface area contributed by atoms with Gasteiger partial charge in [0.2, 0.25) is 6.10 Å². The van der Waals surface area contributed by atoms with Gasteiger partial charge in [-0.3, -0.25) is 0 Å². The zero-order valence-corrected chi connectivity index (χ0v) is 7.58. The highest BCUT2D eigenvalue weighted by atomic mass is 16.6. The number of hydrogen-bond donors (Lipinski definition) is 0. The van der Waals surface area contributed by atoms with Crippen molar-refractivity contribution in [3.63, 3.8) is 0 Å². The van der Waals surface area contributed by atoms with E-state index in [4.69, 9.17) is 0 Å². The highest BCUT2D eigenvalue weighted by Crippen LogP contribution is 2.16. The number of allylic oxidation sites excluding steroid dienone is 1. The summed E-state index contributed by atoms with van der Waals surface area (Å²) in [6.45, 7) is 2.19. The Bertz CT molecular complexity index is 173. The zero-order valence-electron chi connectivity index (χ0n) is 7.58. The van der Waals surface area contributed by atoms with E-state index >= 15 is 0 Å². The number of carbonyl (C=O) groups excluding carboxylic acids is 1. The minimum atomic E-state index is -0.104. The van der Waals surface area contributed by atoms with Gasteiger partial charge in [0.05, 0.1) is 0 Å². The van der Waals surface area contributed by atoms with Crippen LogP contribution < -0.4 is 0 Å². The van der Waals surface area contributed by atoms with Crippen molar-refractivity contribution in [3.05, 3.63) is 12.2 Å². The van der Waals surface area contributed by atoms with E-state index < -0.39 is 0 Å². The van der Waals surface area contributed by atoms with Crippen molar-refractivity contribution in [1.82, 2.24) is 0 Å². The average molecular weight is 168 g/mol. The van der Waals surface area contributed by atoms with Crippen LogP contribution in [0.1, 0.15) is 39.0 Å². The predicted molar refractivity (Wildman–Crippen MR) is 47.8 cm³/mol. The first-order valence-electron chi connectivity index (χ1n) is 4.70. The average Bonchev–Trinajstić information content (AvgIpc) is 2.74. The fraction of sp³-hybridized carbons (Fsp3) is 0.700. The molecule has 0 bridgehead atoms. The largest absolute Gasteiger partial charge is 0.447 e. The summed E-state index contributed by atoms with van der Waals surface area (Å²) in [4.78, 5) is 10.4. The third-order valence-corrected chi connectivity index (χ3v) is 1.96. The molecule has 1 fully saturated rings. The van der Waals surface area contributed by atoms with Crippen LogP contribution >= 0.6 is 0 Å². The Morgan fingerprint density at radius 3 is 2.75 bits per heavy atom. The van der Waals surface area contributed by atoms with Crippen molar-refractivity contribution in [1.29, 1.82) is 0 Å². The molecule has 1 heterocycles. The van der Waals surface area contributed by atoms with Gasteiger partial charge >= 0.3 is 5.97 Å². The molecule has 12 heavy (non-hydrogen) atoms. The van der Waals surface area contributed by atoms with E-state index in [9.17, 15) is 4.79 Å². The number of ether oxygens (including phenoxy) is 1. The number of carbonyl (C=O) groups is 1. The fourth-order valence-electron chi connectivity index (χ4n) is 1.10. The van der Waals surface area contributed by atoms with Gasteiger partial charge in [-0.2, -0.15) is 0 Å². The van der Waals surface area contributed by atoms with Gasteiger partial charge in [-0.25, -0.2) is 4.79 Å². The lowest BCUT2D eigenvalue weighted by Crippen LogP contribution is -1.82. The first-order chi connectivity index (χ1) is 5.84. The van der Waals surface area contributed by atoms with Crippen LogP contribution in [0.4, 0.5) is 0 Å². The SMILES string of the molecule is CCCCCC=CCC1OC1=O. The normalized spacial score (nSPS) is 21.4. The summed E-state index contributed by atoms with van der Waals surface area (Å²) in [5.74, 6) is -0.0480. The van der Waals surface area contributed by atoms with E-state index in [1.807, 2.05) is 6.08 Å². The standard InChI is InChI=1S/C10H16O2/c1-2-3-4-5-6-7-8-9-10(11)12-9/h6-7,9H,2-5,8H2,1H3. The molecule has 1 rings (SSSR count). The molecule has 68 valence electrons. The van der Waals surface area contributed by atoms with E-state index in [0.29, 0.717) is 0 Å². The molecule has 1 aliphatic heterocycles. The summed E-state index contributed by atoms with van der Waals surface area (Å²) < 4.78 is 4.65. The molecule has 0 aliphatic carbocycles. The molecule has 0 saturated carbocycles. The van der Waals surface area contributed by atoms with Crippen LogP contribution in [0, 0.1) is 0 Å². The molecule has 2 heteroatoms. The molecule has 0 spiro atoms. The first-order valence-corrected chi connectivity index (χ1v) is 4.70. The summed E-state index contributed by atoms with van der Waals surface area (Å²) >= 11 is 0. The summed E-state index contributed by atoms with van der Waals surface area (Å²) in [5, 5.41) is 0. The maximum atomic E-state index is 10.4. The minimum Gasteiger partial charge on any atom is -0.447 e. The molecular weight excluding hydrogens is 152 g/mol. The smallest absolute Gasteiger partial charge is 0.348 e. The lowest BCUT2D eigenvalue weighted by Gasteiger charge is -1.90. The molecule has 0 radical (unpaired) electrons. The molecule has 0 amide bonds. The molecule has 2 nitrogen and oxygen atoms in total. The number of cyclic esters (lactones) is 1. The van der Waals surface area contributed by atoms with E-state index in [2.05, 4.69) is 17.7 Å². The minimum absolute atomic E-state index is 0.0480. The molecule has 0 aromatic carbocycles. The van der Waals surface area contributed by atoms with Crippen LogP contribution in [0.15, 0.2) is 12.2 Å².